The number of nitrogens with one attached hydrogen (secondary N) is 1. The molecule has 19 heavy (non-hydrogen) atoms. The van der Waals surface area contributed by atoms with Crippen LogP contribution in [0.1, 0.15) is 34.1 Å². The third kappa shape index (κ3) is 3.83. The second-order valence-corrected chi connectivity index (χ2v) is 5.54. The second kappa shape index (κ2) is 6.23. The highest BCUT2D eigenvalue weighted by Crippen LogP contribution is 2.12. The lowest BCUT2D eigenvalue weighted by atomic mass is 10.00. The third-order valence-corrected chi connectivity index (χ3v) is 3.89. The van der Waals surface area contributed by atoms with E-state index < -0.39 is 11.5 Å². The Kier molecular flexibility index (Phi) is 5.17. The molecule has 0 saturated carbocycles. The standard InChI is InChI=1S/C13H25N3O3/c1-5-13(4,11(17)18)14-12(19)16-8-6-15(7-9-16)10(2)3/h10H,5-9H2,1-4H3,(H,14,19)(H,17,18). The fourth-order valence-electron chi connectivity index (χ4n) is 2.05. The van der Waals surface area contributed by atoms with E-state index in [1.807, 2.05) is 0 Å². The number of carboxylic acid groups (broad SMARTS) is 1. The Morgan fingerprint density at radius 2 is 1.79 bits per heavy atom. The van der Waals surface area contributed by atoms with Crippen molar-refractivity contribution in [2.45, 2.75) is 45.7 Å². The van der Waals surface area contributed by atoms with Gasteiger partial charge in [0.2, 0.25) is 0 Å². The molecule has 0 aliphatic carbocycles. The molecule has 0 aromatic carbocycles. The van der Waals surface area contributed by atoms with Gasteiger partial charge in [-0.15, -0.1) is 0 Å². The minimum absolute atomic E-state index is 0.282. The van der Waals surface area contributed by atoms with Gasteiger partial charge in [0.25, 0.3) is 0 Å². The molecule has 1 atom stereocenters. The van der Waals surface area contributed by atoms with Crippen LogP contribution >= 0.6 is 0 Å². The number of amides is 2. The fraction of sp³-hybridized carbons (Fsp3) is 0.846. The molecule has 0 aromatic heterocycles. The van der Waals surface area contributed by atoms with E-state index in [0.29, 0.717) is 25.6 Å². The molecule has 110 valence electrons. The molecule has 6 nitrogen and oxygen atoms in total. The van der Waals surface area contributed by atoms with Crippen LogP contribution in [0.25, 0.3) is 0 Å². The first-order chi connectivity index (χ1) is 8.80. The fourth-order valence-corrected chi connectivity index (χ4v) is 2.05. The summed E-state index contributed by atoms with van der Waals surface area (Å²) in [6.45, 7) is 10.5. The molecule has 0 spiro atoms. The van der Waals surface area contributed by atoms with Crippen LogP contribution in [-0.2, 0) is 4.79 Å². The van der Waals surface area contributed by atoms with E-state index in [4.69, 9.17) is 5.11 Å². The number of hydrogen-bond acceptors (Lipinski definition) is 3. The van der Waals surface area contributed by atoms with Crippen molar-refractivity contribution in [1.82, 2.24) is 15.1 Å². The van der Waals surface area contributed by atoms with Crippen LogP contribution < -0.4 is 5.32 Å². The van der Waals surface area contributed by atoms with Gasteiger partial charge in [-0.1, -0.05) is 6.92 Å². The van der Waals surface area contributed by atoms with Crippen molar-refractivity contribution in [3.05, 3.63) is 0 Å². The molecule has 0 aromatic rings. The highest BCUT2D eigenvalue weighted by Gasteiger charge is 2.35. The number of hydrogen-bond donors (Lipinski definition) is 2. The van der Waals surface area contributed by atoms with Crippen molar-refractivity contribution >= 4 is 12.0 Å². The van der Waals surface area contributed by atoms with E-state index in [0.717, 1.165) is 13.1 Å². The number of piperazine rings is 1. The highest BCUT2D eigenvalue weighted by atomic mass is 16.4. The summed E-state index contributed by atoms with van der Waals surface area (Å²) < 4.78 is 0. The molecule has 1 fully saturated rings. The zero-order chi connectivity index (χ0) is 14.6. The van der Waals surface area contributed by atoms with Crippen molar-refractivity contribution < 1.29 is 14.7 Å². The quantitative estimate of drug-likeness (QED) is 0.799. The van der Waals surface area contributed by atoms with E-state index in [1.165, 1.54) is 6.92 Å². The first kappa shape index (κ1) is 15.8. The van der Waals surface area contributed by atoms with Gasteiger partial charge in [-0.05, 0) is 27.2 Å². The average molecular weight is 271 g/mol. The molecule has 1 aliphatic heterocycles. The van der Waals surface area contributed by atoms with Gasteiger partial charge < -0.3 is 15.3 Å². The predicted molar refractivity (Wildman–Crippen MR) is 73.1 cm³/mol. The van der Waals surface area contributed by atoms with Crippen LogP contribution in [0, 0.1) is 0 Å². The largest absolute Gasteiger partial charge is 0.480 e. The first-order valence-corrected chi connectivity index (χ1v) is 6.84. The second-order valence-electron chi connectivity index (χ2n) is 5.54. The summed E-state index contributed by atoms with van der Waals surface area (Å²) >= 11 is 0. The van der Waals surface area contributed by atoms with Crippen LogP contribution in [-0.4, -0.2) is 64.7 Å². The maximum Gasteiger partial charge on any atom is 0.329 e. The molecule has 6 heteroatoms. The molecule has 0 bridgehead atoms. The van der Waals surface area contributed by atoms with Crippen LogP contribution in [0.4, 0.5) is 4.79 Å². The first-order valence-electron chi connectivity index (χ1n) is 6.84. The molecule has 1 rings (SSSR count). The smallest absolute Gasteiger partial charge is 0.329 e. The normalized spacial score (nSPS) is 20.2. The minimum atomic E-state index is -1.19. The van der Waals surface area contributed by atoms with Crippen LogP contribution in [0.15, 0.2) is 0 Å². The summed E-state index contributed by atoms with van der Waals surface area (Å²) in [5.41, 5.74) is -1.19. The van der Waals surface area contributed by atoms with Crippen LogP contribution in [0.2, 0.25) is 0 Å². The summed E-state index contributed by atoms with van der Waals surface area (Å²) in [7, 11) is 0. The zero-order valence-corrected chi connectivity index (χ0v) is 12.3. The lowest BCUT2D eigenvalue weighted by Gasteiger charge is -2.38. The summed E-state index contributed by atoms with van der Waals surface area (Å²) in [4.78, 5) is 27.3. The van der Waals surface area contributed by atoms with Gasteiger partial charge in [-0.2, -0.15) is 0 Å². The van der Waals surface area contributed by atoms with Gasteiger partial charge in [0.1, 0.15) is 5.54 Å². The van der Waals surface area contributed by atoms with Crippen molar-refractivity contribution in [2.24, 2.45) is 0 Å². The molecule has 1 aliphatic rings. The minimum Gasteiger partial charge on any atom is -0.480 e. The van der Waals surface area contributed by atoms with Crippen molar-refractivity contribution in [1.29, 1.82) is 0 Å². The summed E-state index contributed by atoms with van der Waals surface area (Å²) in [5, 5.41) is 11.8. The molecule has 1 saturated heterocycles. The molecular formula is C13H25N3O3. The Hall–Kier alpha value is -1.30. The lowest BCUT2D eigenvalue weighted by molar-refractivity contribution is -0.143. The van der Waals surface area contributed by atoms with Gasteiger partial charge in [0.15, 0.2) is 0 Å². The van der Waals surface area contributed by atoms with E-state index in [-0.39, 0.29) is 6.03 Å². The summed E-state index contributed by atoms with van der Waals surface area (Å²) in [6.07, 6.45) is 0.361. The van der Waals surface area contributed by atoms with Crippen molar-refractivity contribution in [3.8, 4) is 0 Å². The van der Waals surface area contributed by atoms with E-state index in [1.54, 1.807) is 11.8 Å². The van der Waals surface area contributed by atoms with Crippen molar-refractivity contribution in [3.63, 3.8) is 0 Å². The molecule has 1 heterocycles. The van der Waals surface area contributed by atoms with Crippen LogP contribution in [0.5, 0.6) is 0 Å². The molecule has 2 N–H and O–H groups in total. The molecule has 0 radical (unpaired) electrons. The van der Waals surface area contributed by atoms with E-state index in [9.17, 15) is 9.59 Å². The maximum atomic E-state index is 12.1. The summed E-state index contributed by atoms with van der Waals surface area (Å²) in [6, 6.07) is 0.195. The van der Waals surface area contributed by atoms with E-state index >= 15 is 0 Å². The molecular weight excluding hydrogens is 246 g/mol. The SMILES string of the molecule is CCC(C)(NC(=O)N1CCN(C(C)C)CC1)C(=O)O. The monoisotopic (exact) mass is 271 g/mol. The van der Waals surface area contributed by atoms with Crippen molar-refractivity contribution in [2.75, 3.05) is 26.2 Å². The van der Waals surface area contributed by atoms with Gasteiger partial charge >= 0.3 is 12.0 Å². The Labute approximate surface area is 114 Å². The van der Waals surface area contributed by atoms with E-state index in [2.05, 4.69) is 24.1 Å². The van der Waals surface area contributed by atoms with Gasteiger partial charge in [-0.3, -0.25) is 4.90 Å². The number of aliphatic carboxylic acids is 1. The topological polar surface area (TPSA) is 72.9 Å². The number of nitrogens with zero attached hydrogens (tertiary/aromatic N) is 2. The number of rotatable bonds is 4. The average Bonchev–Trinajstić information content (AvgIpc) is 2.38. The zero-order valence-electron chi connectivity index (χ0n) is 12.3. The Morgan fingerprint density at radius 3 is 2.16 bits per heavy atom. The molecule has 2 amide bonds. The lowest BCUT2D eigenvalue weighted by Crippen LogP contribution is -2.59. The predicted octanol–water partition coefficient (Wildman–Crippen LogP) is 0.975. The Morgan fingerprint density at radius 1 is 1.26 bits per heavy atom. The Bertz CT molecular complexity index is 338. The highest BCUT2D eigenvalue weighted by molar-refractivity contribution is 5.85. The molecule has 1 unspecified atom stereocenters. The number of carboxylic acids is 1. The maximum absolute atomic E-state index is 12.1. The van der Waals surface area contributed by atoms with Gasteiger partial charge in [0.05, 0.1) is 0 Å². The van der Waals surface area contributed by atoms with Gasteiger partial charge in [0, 0.05) is 32.2 Å². The third-order valence-electron chi connectivity index (χ3n) is 3.89. The summed E-state index contributed by atoms with van der Waals surface area (Å²) in [5.74, 6) is -0.996. The number of carbonyl (C=O) groups is 2. The van der Waals surface area contributed by atoms with Crippen LogP contribution in [0.3, 0.4) is 0 Å². The number of urea groups is 1. The Balaban J connectivity index is 2.54. The number of carbonyl (C=O) groups excluding carboxylic acids is 1. The van der Waals surface area contributed by atoms with Gasteiger partial charge in [-0.25, -0.2) is 9.59 Å².